The highest BCUT2D eigenvalue weighted by Crippen LogP contribution is 2.10. The molecule has 0 radical (unpaired) electrons. The number of rotatable bonds is 5. The summed E-state index contributed by atoms with van der Waals surface area (Å²) in [5.41, 5.74) is 1.23. The Morgan fingerprint density at radius 3 is 2.77 bits per heavy atom. The van der Waals surface area contributed by atoms with Gasteiger partial charge in [0.25, 0.3) is 0 Å². The normalized spacial score (nSPS) is 10.4. The Kier molecular flexibility index (Phi) is 3.80. The second-order valence-corrected chi connectivity index (χ2v) is 3.30. The Balaban J connectivity index is 2.50. The van der Waals surface area contributed by atoms with E-state index in [0.717, 1.165) is 18.9 Å². The van der Waals surface area contributed by atoms with E-state index in [1.807, 2.05) is 4.68 Å². The van der Waals surface area contributed by atoms with Crippen molar-refractivity contribution in [2.45, 2.75) is 40.2 Å². The van der Waals surface area contributed by atoms with E-state index in [9.17, 15) is 0 Å². The van der Waals surface area contributed by atoms with E-state index < -0.39 is 0 Å². The highest BCUT2D eigenvalue weighted by atomic mass is 15.3. The smallest absolute Gasteiger partial charge is 0.150 e. The van der Waals surface area contributed by atoms with Crippen LogP contribution in [0.4, 0.5) is 5.82 Å². The van der Waals surface area contributed by atoms with Gasteiger partial charge in [-0.05, 0) is 20.3 Å². The molecule has 0 saturated heterocycles. The molecule has 0 spiro atoms. The maximum atomic E-state index is 4.41. The lowest BCUT2D eigenvalue weighted by molar-refractivity contribution is 0.660. The van der Waals surface area contributed by atoms with Crippen molar-refractivity contribution < 1.29 is 0 Å². The number of nitrogens with one attached hydrogen (secondary N) is 1. The van der Waals surface area contributed by atoms with Crippen LogP contribution in [0.1, 0.15) is 32.3 Å². The molecule has 1 rings (SSSR count). The summed E-state index contributed by atoms with van der Waals surface area (Å²) in [5, 5.41) is 7.74. The van der Waals surface area contributed by atoms with Crippen LogP contribution < -0.4 is 5.32 Å². The van der Waals surface area contributed by atoms with Gasteiger partial charge in [-0.15, -0.1) is 0 Å². The van der Waals surface area contributed by atoms with Gasteiger partial charge in [0, 0.05) is 24.8 Å². The minimum Gasteiger partial charge on any atom is -0.368 e. The molecule has 1 heterocycles. The molecule has 1 aromatic heterocycles. The van der Waals surface area contributed by atoms with Crippen molar-refractivity contribution in [2.24, 2.45) is 0 Å². The fourth-order valence-corrected chi connectivity index (χ4v) is 1.24. The van der Waals surface area contributed by atoms with Gasteiger partial charge >= 0.3 is 0 Å². The van der Waals surface area contributed by atoms with Gasteiger partial charge in [0.15, 0.2) is 5.82 Å². The minimum atomic E-state index is 0.941. The van der Waals surface area contributed by atoms with Crippen LogP contribution in [0, 0.1) is 6.92 Å². The summed E-state index contributed by atoms with van der Waals surface area (Å²) < 4.78 is 1.96. The predicted octanol–water partition coefficient (Wildman–Crippen LogP) is 2.42. The predicted molar refractivity (Wildman–Crippen MR) is 56.0 cm³/mol. The Bertz CT molecular complexity index is 253. The number of nitrogens with zero attached hydrogens (tertiary/aromatic N) is 2. The third-order valence-electron chi connectivity index (χ3n) is 2.09. The van der Waals surface area contributed by atoms with Gasteiger partial charge < -0.3 is 5.32 Å². The second-order valence-electron chi connectivity index (χ2n) is 3.30. The molecular formula is C10H19N3. The number of hydrogen-bond donors (Lipinski definition) is 1. The first-order chi connectivity index (χ1) is 6.27. The van der Waals surface area contributed by atoms with E-state index in [0.29, 0.717) is 0 Å². The molecule has 13 heavy (non-hydrogen) atoms. The van der Waals surface area contributed by atoms with Crippen LogP contribution in [0.2, 0.25) is 0 Å². The number of unbranched alkanes of at least 4 members (excludes halogenated alkanes) is 1. The van der Waals surface area contributed by atoms with Crippen LogP contribution in [-0.2, 0) is 6.54 Å². The summed E-state index contributed by atoms with van der Waals surface area (Å²) in [6.07, 6.45) is 4.51. The van der Waals surface area contributed by atoms with E-state index in [2.05, 4.69) is 37.4 Å². The second kappa shape index (κ2) is 4.90. The largest absolute Gasteiger partial charge is 0.368 e. The fraction of sp³-hybridized carbons (Fsp3) is 0.700. The van der Waals surface area contributed by atoms with E-state index in [1.54, 1.807) is 0 Å². The molecular weight excluding hydrogens is 162 g/mol. The van der Waals surface area contributed by atoms with Crippen LogP contribution in [0.25, 0.3) is 0 Å². The van der Waals surface area contributed by atoms with Crippen molar-refractivity contribution in [3.8, 4) is 0 Å². The minimum absolute atomic E-state index is 0.941. The number of aryl methyl sites for hydroxylation is 2. The quantitative estimate of drug-likeness (QED) is 0.707. The van der Waals surface area contributed by atoms with Crippen molar-refractivity contribution in [3.63, 3.8) is 0 Å². The first-order valence-corrected chi connectivity index (χ1v) is 5.05. The highest BCUT2D eigenvalue weighted by molar-refractivity contribution is 5.41. The lowest BCUT2D eigenvalue weighted by Gasteiger charge is -2.01. The van der Waals surface area contributed by atoms with Crippen LogP contribution in [0.3, 0.4) is 0 Å². The lowest BCUT2D eigenvalue weighted by atomic mass is 10.3. The van der Waals surface area contributed by atoms with E-state index >= 15 is 0 Å². The third kappa shape index (κ3) is 2.76. The zero-order chi connectivity index (χ0) is 9.68. The van der Waals surface area contributed by atoms with Crippen molar-refractivity contribution in [3.05, 3.63) is 11.8 Å². The molecule has 0 aliphatic rings. The molecule has 0 bridgehead atoms. The lowest BCUT2D eigenvalue weighted by Crippen LogP contribution is -2.03. The first-order valence-electron chi connectivity index (χ1n) is 5.05. The zero-order valence-electron chi connectivity index (χ0n) is 8.80. The average molecular weight is 181 g/mol. The molecule has 0 atom stereocenters. The number of anilines is 1. The maximum absolute atomic E-state index is 4.41. The van der Waals surface area contributed by atoms with Crippen LogP contribution in [0.15, 0.2) is 6.20 Å². The summed E-state index contributed by atoms with van der Waals surface area (Å²) in [6.45, 7) is 8.35. The standard InChI is InChI=1S/C10H19N3/c1-4-6-7-11-10-9(3)8-13(5-2)12-10/h8H,4-7H2,1-3H3,(H,11,12). The van der Waals surface area contributed by atoms with Crippen molar-refractivity contribution in [2.75, 3.05) is 11.9 Å². The summed E-state index contributed by atoms with van der Waals surface area (Å²) in [7, 11) is 0. The van der Waals surface area contributed by atoms with Crippen molar-refractivity contribution >= 4 is 5.82 Å². The van der Waals surface area contributed by atoms with Gasteiger partial charge in [-0.3, -0.25) is 4.68 Å². The molecule has 0 aromatic carbocycles. The van der Waals surface area contributed by atoms with Gasteiger partial charge in [0.05, 0.1) is 0 Å². The van der Waals surface area contributed by atoms with Gasteiger partial charge in [-0.25, -0.2) is 0 Å². The molecule has 1 N–H and O–H groups in total. The first kappa shape index (κ1) is 10.1. The van der Waals surface area contributed by atoms with Gasteiger partial charge in [0.1, 0.15) is 0 Å². The van der Waals surface area contributed by atoms with Crippen LogP contribution in [0.5, 0.6) is 0 Å². The van der Waals surface area contributed by atoms with Crippen LogP contribution >= 0.6 is 0 Å². The van der Waals surface area contributed by atoms with Gasteiger partial charge in [-0.2, -0.15) is 5.10 Å². The highest BCUT2D eigenvalue weighted by Gasteiger charge is 2.01. The third-order valence-corrected chi connectivity index (χ3v) is 2.09. The van der Waals surface area contributed by atoms with Gasteiger partial charge in [0.2, 0.25) is 0 Å². The SMILES string of the molecule is CCCCNc1nn(CC)cc1C. The van der Waals surface area contributed by atoms with Crippen LogP contribution in [-0.4, -0.2) is 16.3 Å². The molecule has 1 aromatic rings. The number of hydrogen-bond acceptors (Lipinski definition) is 2. The Hall–Kier alpha value is -0.990. The topological polar surface area (TPSA) is 29.9 Å². The molecule has 0 amide bonds. The Morgan fingerprint density at radius 1 is 1.46 bits per heavy atom. The fourth-order valence-electron chi connectivity index (χ4n) is 1.24. The Morgan fingerprint density at radius 2 is 2.23 bits per heavy atom. The average Bonchev–Trinajstić information content (AvgIpc) is 2.48. The molecule has 0 saturated carbocycles. The van der Waals surface area contributed by atoms with E-state index in [4.69, 9.17) is 0 Å². The molecule has 3 nitrogen and oxygen atoms in total. The molecule has 0 aliphatic carbocycles. The Labute approximate surface area is 80.1 Å². The summed E-state index contributed by atoms with van der Waals surface area (Å²) in [6, 6.07) is 0. The van der Waals surface area contributed by atoms with E-state index in [1.165, 1.54) is 18.4 Å². The molecule has 3 heteroatoms. The van der Waals surface area contributed by atoms with Gasteiger partial charge in [-0.1, -0.05) is 13.3 Å². The molecule has 0 aliphatic heterocycles. The van der Waals surface area contributed by atoms with Crippen molar-refractivity contribution in [1.29, 1.82) is 0 Å². The summed E-state index contributed by atoms with van der Waals surface area (Å²) >= 11 is 0. The maximum Gasteiger partial charge on any atom is 0.150 e. The molecule has 0 fully saturated rings. The van der Waals surface area contributed by atoms with Crippen molar-refractivity contribution in [1.82, 2.24) is 9.78 Å². The zero-order valence-corrected chi connectivity index (χ0v) is 8.80. The summed E-state index contributed by atoms with van der Waals surface area (Å²) in [4.78, 5) is 0. The monoisotopic (exact) mass is 181 g/mol. The summed E-state index contributed by atoms with van der Waals surface area (Å²) in [5.74, 6) is 1.04. The molecule has 74 valence electrons. The van der Waals surface area contributed by atoms with E-state index in [-0.39, 0.29) is 0 Å². The number of aromatic nitrogens is 2. The molecule has 0 unspecified atom stereocenters.